The molecule has 0 bridgehead atoms. The van der Waals surface area contributed by atoms with Gasteiger partial charge in [0, 0.05) is 15.7 Å². The van der Waals surface area contributed by atoms with Crippen LogP contribution in [0.5, 0.6) is 0 Å². The Balaban J connectivity index is 2.14. The minimum absolute atomic E-state index is 0.133. The molecule has 0 saturated carbocycles. The smallest absolute Gasteiger partial charge is 0.137 e. The zero-order valence-electron chi connectivity index (χ0n) is 12.4. The molecule has 0 unspecified atom stereocenters. The van der Waals surface area contributed by atoms with Crippen LogP contribution in [0.2, 0.25) is 0 Å². The van der Waals surface area contributed by atoms with E-state index in [2.05, 4.69) is 77.5 Å². The van der Waals surface area contributed by atoms with Gasteiger partial charge in [0.15, 0.2) is 0 Å². The summed E-state index contributed by atoms with van der Waals surface area (Å²) in [6, 6.07) is 12.8. The van der Waals surface area contributed by atoms with Crippen LogP contribution in [0.15, 0.2) is 40.9 Å². The summed E-state index contributed by atoms with van der Waals surface area (Å²) in [5.41, 5.74) is 7.54. The second-order valence-electron chi connectivity index (χ2n) is 6.47. The summed E-state index contributed by atoms with van der Waals surface area (Å²) in [7, 11) is 0. The molecule has 2 aromatic heterocycles. The number of aryl methyl sites for hydroxylation is 1. The first kappa shape index (κ1) is 13.1. The molecule has 1 aliphatic carbocycles. The summed E-state index contributed by atoms with van der Waals surface area (Å²) in [6.45, 7) is 6.79. The van der Waals surface area contributed by atoms with E-state index in [0.29, 0.717) is 0 Å². The summed E-state index contributed by atoms with van der Waals surface area (Å²) in [5, 5.41) is 0. The lowest BCUT2D eigenvalue weighted by Crippen LogP contribution is -2.26. The fourth-order valence-electron chi connectivity index (χ4n) is 3.51. The van der Waals surface area contributed by atoms with Crippen LogP contribution < -0.4 is 0 Å². The number of rotatable bonds is 0. The summed E-state index contributed by atoms with van der Waals surface area (Å²) >= 11 is 3.64. The van der Waals surface area contributed by atoms with Gasteiger partial charge in [-0.1, -0.05) is 38.1 Å². The highest BCUT2D eigenvalue weighted by Gasteiger charge is 2.34. The van der Waals surface area contributed by atoms with Crippen molar-refractivity contribution in [2.24, 2.45) is 0 Å². The predicted molar refractivity (Wildman–Crippen MR) is 89.8 cm³/mol. The Morgan fingerprint density at radius 2 is 1.90 bits per heavy atom. The van der Waals surface area contributed by atoms with Crippen molar-refractivity contribution in [1.29, 1.82) is 0 Å². The van der Waals surface area contributed by atoms with Crippen molar-refractivity contribution in [3.8, 4) is 11.3 Å². The average molecular weight is 341 g/mol. The van der Waals surface area contributed by atoms with Crippen molar-refractivity contribution < 1.29 is 0 Å². The monoisotopic (exact) mass is 340 g/mol. The number of nitrogens with zero attached hydrogens (tertiary/aromatic N) is 2. The van der Waals surface area contributed by atoms with Crippen LogP contribution in [-0.2, 0) is 11.8 Å². The van der Waals surface area contributed by atoms with E-state index in [1.807, 2.05) is 0 Å². The molecule has 1 aliphatic rings. The highest BCUT2D eigenvalue weighted by Crippen LogP contribution is 2.43. The van der Waals surface area contributed by atoms with Crippen molar-refractivity contribution in [3.63, 3.8) is 0 Å². The van der Waals surface area contributed by atoms with Gasteiger partial charge in [-0.15, -0.1) is 0 Å². The molecule has 0 spiro atoms. The van der Waals surface area contributed by atoms with Gasteiger partial charge >= 0.3 is 0 Å². The number of hydrogen-bond acceptors (Lipinski definition) is 1. The molecule has 21 heavy (non-hydrogen) atoms. The lowest BCUT2D eigenvalue weighted by Gasteiger charge is -2.32. The molecule has 0 saturated heterocycles. The van der Waals surface area contributed by atoms with Crippen LogP contribution in [0.4, 0.5) is 0 Å². The minimum Gasteiger partial charge on any atom is -0.300 e. The molecule has 3 heteroatoms. The lowest BCUT2D eigenvalue weighted by atomic mass is 9.73. The Labute approximate surface area is 133 Å². The third-order valence-electron chi connectivity index (χ3n) is 4.58. The molecular weight excluding hydrogens is 324 g/mol. The molecule has 0 amide bonds. The van der Waals surface area contributed by atoms with Gasteiger partial charge in [0.1, 0.15) is 5.65 Å². The largest absolute Gasteiger partial charge is 0.300 e. The first-order valence-corrected chi connectivity index (χ1v) is 8.05. The number of hydrogen-bond donors (Lipinski definition) is 0. The summed E-state index contributed by atoms with van der Waals surface area (Å²) in [5.74, 6) is 0. The normalized spacial score (nSPS) is 15.8. The van der Waals surface area contributed by atoms with E-state index >= 15 is 0 Å². The van der Waals surface area contributed by atoms with Gasteiger partial charge in [-0.3, -0.25) is 4.40 Å². The zero-order valence-corrected chi connectivity index (χ0v) is 14.0. The van der Waals surface area contributed by atoms with E-state index in [1.54, 1.807) is 0 Å². The summed E-state index contributed by atoms with van der Waals surface area (Å²) in [6.07, 6.45) is 1.01. The third kappa shape index (κ3) is 1.73. The van der Waals surface area contributed by atoms with E-state index < -0.39 is 0 Å². The molecule has 106 valence electrons. The standard InChI is InChI=1S/C18H17BrN2/c1-11-14(19)8-9-16-20-17-12-6-4-5-7-13(12)18(2,3)10-15(17)21(11)16/h4-9H,10H2,1-3H3. The maximum atomic E-state index is 4.90. The van der Waals surface area contributed by atoms with Crippen LogP contribution in [0.1, 0.15) is 30.8 Å². The molecule has 4 rings (SSSR count). The van der Waals surface area contributed by atoms with Gasteiger partial charge in [0.05, 0.1) is 11.4 Å². The lowest BCUT2D eigenvalue weighted by molar-refractivity contribution is 0.507. The molecule has 0 radical (unpaired) electrons. The van der Waals surface area contributed by atoms with Gasteiger partial charge in [0.2, 0.25) is 0 Å². The molecule has 0 N–H and O–H groups in total. The van der Waals surface area contributed by atoms with Crippen LogP contribution >= 0.6 is 15.9 Å². The van der Waals surface area contributed by atoms with Gasteiger partial charge in [0.25, 0.3) is 0 Å². The van der Waals surface area contributed by atoms with Gasteiger partial charge in [-0.2, -0.15) is 0 Å². The van der Waals surface area contributed by atoms with E-state index in [9.17, 15) is 0 Å². The molecule has 2 heterocycles. The molecule has 0 fully saturated rings. The number of aromatic nitrogens is 2. The Kier molecular flexibility index (Phi) is 2.62. The van der Waals surface area contributed by atoms with E-state index in [0.717, 1.165) is 22.2 Å². The molecule has 1 aromatic carbocycles. The molecular formula is C18H17BrN2. The van der Waals surface area contributed by atoms with Crippen LogP contribution in [0, 0.1) is 6.92 Å². The van der Waals surface area contributed by atoms with Gasteiger partial charge < -0.3 is 0 Å². The number of halogens is 1. The van der Waals surface area contributed by atoms with Gasteiger partial charge in [-0.25, -0.2) is 4.98 Å². The second-order valence-corrected chi connectivity index (χ2v) is 7.33. The molecule has 3 aromatic rings. The van der Waals surface area contributed by atoms with Crippen molar-refractivity contribution in [2.45, 2.75) is 32.6 Å². The average Bonchev–Trinajstić information content (AvgIpc) is 2.82. The first-order chi connectivity index (χ1) is 9.99. The Morgan fingerprint density at radius 1 is 1.14 bits per heavy atom. The number of pyridine rings is 1. The molecule has 2 nitrogen and oxygen atoms in total. The fourth-order valence-corrected chi connectivity index (χ4v) is 3.82. The highest BCUT2D eigenvalue weighted by atomic mass is 79.9. The number of benzene rings is 1. The zero-order chi connectivity index (χ0) is 14.8. The first-order valence-electron chi connectivity index (χ1n) is 7.25. The highest BCUT2D eigenvalue weighted by molar-refractivity contribution is 9.10. The Hall–Kier alpha value is -1.61. The van der Waals surface area contributed by atoms with Crippen LogP contribution in [-0.4, -0.2) is 9.38 Å². The van der Waals surface area contributed by atoms with E-state index in [-0.39, 0.29) is 5.41 Å². The number of imidazole rings is 1. The molecule has 0 aliphatic heterocycles. The summed E-state index contributed by atoms with van der Waals surface area (Å²) < 4.78 is 3.43. The predicted octanol–water partition coefficient (Wildman–Crippen LogP) is 4.91. The van der Waals surface area contributed by atoms with Crippen molar-refractivity contribution in [2.75, 3.05) is 0 Å². The number of fused-ring (bicyclic) bond motifs is 5. The van der Waals surface area contributed by atoms with E-state index in [4.69, 9.17) is 4.98 Å². The van der Waals surface area contributed by atoms with Crippen molar-refractivity contribution in [1.82, 2.24) is 9.38 Å². The second kappa shape index (κ2) is 4.20. The quantitative estimate of drug-likeness (QED) is 0.568. The topological polar surface area (TPSA) is 17.3 Å². The van der Waals surface area contributed by atoms with Crippen molar-refractivity contribution in [3.05, 3.63) is 57.8 Å². The van der Waals surface area contributed by atoms with Crippen molar-refractivity contribution >= 4 is 21.6 Å². The molecule has 0 atom stereocenters. The Bertz CT molecular complexity index is 874. The maximum Gasteiger partial charge on any atom is 0.137 e. The van der Waals surface area contributed by atoms with Gasteiger partial charge in [-0.05, 0) is 52.4 Å². The van der Waals surface area contributed by atoms with E-state index in [1.165, 1.54) is 22.5 Å². The fraction of sp³-hybridized carbons (Fsp3) is 0.278. The maximum absolute atomic E-state index is 4.90. The Morgan fingerprint density at radius 3 is 2.71 bits per heavy atom. The van der Waals surface area contributed by atoms with Crippen LogP contribution in [0.3, 0.4) is 0 Å². The van der Waals surface area contributed by atoms with Crippen LogP contribution in [0.25, 0.3) is 16.9 Å². The minimum atomic E-state index is 0.133. The SMILES string of the molecule is Cc1c(Br)ccc2nc3c(n12)CC(C)(C)c1ccccc1-3. The summed E-state index contributed by atoms with van der Waals surface area (Å²) in [4.78, 5) is 4.90. The third-order valence-corrected chi connectivity index (χ3v) is 5.42.